The Kier molecular flexibility index (Phi) is 4.19. The van der Waals surface area contributed by atoms with Crippen LogP contribution in [0.5, 0.6) is 0 Å². The molecular weight excluding hydrogens is 332 g/mol. The fourth-order valence-corrected chi connectivity index (χ4v) is 4.35. The largest absolute Gasteiger partial charge is 0.322 e. The third kappa shape index (κ3) is 3.66. The first-order chi connectivity index (χ1) is 12.0. The number of H-pyrrole nitrogens is 1. The molecule has 3 aromatic rings. The number of rotatable bonds is 4. The van der Waals surface area contributed by atoms with Crippen molar-refractivity contribution in [2.24, 2.45) is 5.41 Å². The van der Waals surface area contributed by atoms with Gasteiger partial charge in [-0.1, -0.05) is 25.6 Å². The molecule has 3 heterocycles. The van der Waals surface area contributed by atoms with E-state index in [1.165, 1.54) is 25.7 Å². The maximum atomic E-state index is 4.77. The topological polar surface area (TPSA) is 70.9 Å². The first-order valence-corrected chi connectivity index (χ1v) is 9.68. The molecule has 132 valence electrons. The van der Waals surface area contributed by atoms with Crippen LogP contribution < -0.4 is 5.32 Å². The molecule has 0 bridgehead atoms. The predicted octanol–water partition coefficient (Wildman–Crippen LogP) is 4.57. The number of thioether (sulfide) groups is 1. The SMILES string of the molecule is Cc1cc(Nc2nc(SC3CCC(C)(C)CC3)nn3cccc23)n[nH]1. The molecule has 1 saturated carbocycles. The summed E-state index contributed by atoms with van der Waals surface area (Å²) in [4.78, 5) is 4.77. The van der Waals surface area contributed by atoms with E-state index in [-0.39, 0.29) is 0 Å². The van der Waals surface area contributed by atoms with Gasteiger partial charge in [-0.05, 0) is 50.2 Å². The predicted molar refractivity (Wildman–Crippen MR) is 101 cm³/mol. The molecule has 0 aliphatic heterocycles. The van der Waals surface area contributed by atoms with Gasteiger partial charge in [0.05, 0.1) is 0 Å². The number of nitrogens with one attached hydrogen (secondary N) is 2. The molecule has 4 rings (SSSR count). The molecule has 0 amide bonds. The summed E-state index contributed by atoms with van der Waals surface area (Å²) in [7, 11) is 0. The van der Waals surface area contributed by atoms with Crippen molar-refractivity contribution in [2.75, 3.05) is 5.32 Å². The number of aryl methyl sites for hydroxylation is 1. The van der Waals surface area contributed by atoms with Crippen LogP contribution >= 0.6 is 11.8 Å². The van der Waals surface area contributed by atoms with Crippen molar-refractivity contribution >= 4 is 28.9 Å². The van der Waals surface area contributed by atoms with E-state index in [2.05, 4.69) is 34.5 Å². The van der Waals surface area contributed by atoms with E-state index >= 15 is 0 Å². The van der Waals surface area contributed by atoms with Gasteiger partial charge in [0, 0.05) is 23.2 Å². The van der Waals surface area contributed by atoms with Crippen LogP contribution in [0.1, 0.15) is 45.2 Å². The highest BCUT2D eigenvalue weighted by Crippen LogP contribution is 2.41. The number of nitrogens with zero attached hydrogens (tertiary/aromatic N) is 4. The summed E-state index contributed by atoms with van der Waals surface area (Å²) in [5.74, 6) is 1.57. The van der Waals surface area contributed by atoms with Crippen LogP contribution in [-0.2, 0) is 0 Å². The van der Waals surface area contributed by atoms with Crippen LogP contribution in [-0.4, -0.2) is 30.0 Å². The average molecular weight is 356 g/mol. The Morgan fingerprint density at radius 2 is 2.12 bits per heavy atom. The minimum atomic E-state index is 0.479. The molecule has 1 fully saturated rings. The minimum absolute atomic E-state index is 0.479. The second-order valence-corrected chi connectivity index (χ2v) is 8.89. The first kappa shape index (κ1) is 16.4. The average Bonchev–Trinajstić information content (AvgIpc) is 3.18. The summed E-state index contributed by atoms with van der Waals surface area (Å²) in [5, 5.41) is 16.6. The highest BCUT2D eigenvalue weighted by Gasteiger charge is 2.28. The summed E-state index contributed by atoms with van der Waals surface area (Å²) in [5.41, 5.74) is 2.45. The molecule has 7 heteroatoms. The van der Waals surface area contributed by atoms with E-state index in [1.54, 1.807) is 11.8 Å². The van der Waals surface area contributed by atoms with Crippen molar-refractivity contribution in [2.45, 2.75) is 56.9 Å². The fourth-order valence-electron chi connectivity index (χ4n) is 3.30. The lowest BCUT2D eigenvalue weighted by Crippen LogP contribution is -2.22. The zero-order valence-corrected chi connectivity index (χ0v) is 15.7. The van der Waals surface area contributed by atoms with Gasteiger partial charge in [-0.25, -0.2) is 9.50 Å². The third-order valence-corrected chi connectivity index (χ3v) is 6.07. The molecule has 25 heavy (non-hydrogen) atoms. The second kappa shape index (κ2) is 6.37. The maximum absolute atomic E-state index is 4.77. The summed E-state index contributed by atoms with van der Waals surface area (Å²) < 4.78 is 1.89. The van der Waals surface area contributed by atoms with E-state index in [0.29, 0.717) is 10.7 Å². The summed E-state index contributed by atoms with van der Waals surface area (Å²) >= 11 is 1.80. The van der Waals surface area contributed by atoms with E-state index in [4.69, 9.17) is 4.98 Å². The molecular formula is C18H24N6S. The van der Waals surface area contributed by atoms with Crippen LogP contribution in [0.3, 0.4) is 0 Å². The van der Waals surface area contributed by atoms with Gasteiger partial charge in [0.15, 0.2) is 11.6 Å². The smallest absolute Gasteiger partial charge is 0.209 e. The van der Waals surface area contributed by atoms with Gasteiger partial charge in [0.25, 0.3) is 0 Å². The highest BCUT2D eigenvalue weighted by atomic mass is 32.2. The standard InChI is InChI=1S/C18H24N6S/c1-12-11-15(22-21-12)19-16-14-5-4-10-24(14)23-17(20-16)25-13-6-8-18(2,3)9-7-13/h4-5,10-11,13H,6-9H2,1-3H3,(H2,19,20,21,22,23). The van der Waals surface area contributed by atoms with Crippen molar-refractivity contribution in [1.29, 1.82) is 0 Å². The van der Waals surface area contributed by atoms with Crippen molar-refractivity contribution in [1.82, 2.24) is 24.8 Å². The van der Waals surface area contributed by atoms with Crippen molar-refractivity contribution < 1.29 is 0 Å². The van der Waals surface area contributed by atoms with E-state index in [9.17, 15) is 0 Å². The van der Waals surface area contributed by atoms with Crippen molar-refractivity contribution in [3.8, 4) is 0 Å². The van der Waals surface area contributed by atoms with Gasteiger partial charge in [0.2, 0.25) is 5.16 Å². The molecule has 0 radical (unpaired) electrons. The quantitative estimate of drug-likeness (QED) is 0.717. The van der Waals surface area contributed by atoms with Crippen LogP contribution in [0, 0.1) is 12.3 Å². The molecule has 1 aliphatic rings. The fraction of sp³-hybridized carbons (Fsp3) is 0.500. The molecule has 0 unspecified atom stereocenters. The van der Waals surface area contributed by atoms with E-state index in [1.807, 2.05) is 35.8 Å². The van der Waals surface area contributed by atoms with Crippen LogP contribution in [0.4, 0.5) is 11.6 Å². The zero-order chi connectivity index (χ0) is 17.4. The Morgan fingerprint density at radius 1 is 1.32 bits per heavy atom. The Balaban J connectivity index is 1.57. The molecule has 3 aromatic heterocycles. The number of aromatic nitrogens is 5. The Hall–Kier alpha value is -2.02. The van der Waals surface area contributed by atoms with Gasteiger partial charge in [-0.15, -0.1) is 5.10 Å². The normalized spacial score (nSPS) is 17.9. The van der Waals surface area contributed by atoms with Crippen molar-refractivity contribution in [3.05, 3.63) is 30.1 Å². The Labute approximate surface area is 151 Å². The molecule has 0 spiro atoms. The highest BCUT2D eigenvalue weighted by molar-refractivity contribution is 7.99. The van der Waals surface area contributed by atoms with Crippen molar-refractivity contribution in [3.63, 3.8) is 0 Å². The second-order valence-electron chi connectivity index (χ2n) is 7.62. The molecule has 2 N–H and O–H groups in total. The van der Waals surface area contributed by atoms with Gasteiger partial charge in [-0.3, -0.25) is 5.10 Å². The summed E-state index contributed by atoms with van der Waals surface area (Å²) in [6, 6.07) is 5.97. The van der Waals surface area contributed by atoms with E-state index < -0.39 is 0 Å². The maximum Gasteiger partial charge on any atom is 0.209 e. The van der Waals surface area contributed by atoms with Gasteiger partial charge in [0.1, 0.15) is 5.52 Å². The molecule has 0 aromatic carbocycles. The molecule has 6 nitrogen and oxygen atoms in total. The summed E-state index contributed by atoms with van der Waals surface area (Å²) in [6.45, 7) is 6.71. The molecule has 0 atom stereocenters. The Bertz CT molecular complexity index is 871. The summed E-state index contributed by atoms with van der Waals surface area (Å²) in [6.07, 6.45) is 6.96. The minimum Gasteiger partial charge on any atom is -0.322 e. The van der Waals surface area contributed by atoms with Crippen LogP contribution in [0.15, 0.2) is 29.6 Å². The van der Waals surface area contributed by atoms with Gasteiger partial charge < -0.3 is 5.32 Å². The van der Waals surface area contributed by atoms with Gasteiger partial charge in [-0.2, -0.15) is 5.10 Å². The lowest BCUT2D eigenvalue weighted by molar-refractivity contribution is 0.249. The molecule has 1 aliphatic carbocycles. The molecule has 0 saturated heterocycles. The zero-order valence-electron chi connectivity index (χ0n) is 14.9. The number of hydrogen-bond acceptors (Lipinski definition) is 5. The number of fused-ring (bicyclic) bond motifs is 1. The lowest BCUT2D eigenvalue weighted by Gasteiger charge is -2.33. The number of hydrogen-bond donors (Lipinski definition) is 2. The van der Waals surface area contributed by atoms with Crippen LogP contribution in [0.25, 0.3) is 5.52 Å². The lowest BCUT2D eigenvalue weighted by atomic mass is 9.77. The first-order valence-electron chi connectivity index (χ1n) is 8.80. The number of anilines is 2. The number of aromatic amines is 1. The monoisotopic (exact) mass is 356 g/mol. The van der Waals surface area contributed by atoms with E-state index in [0.717, 1.165) is 28.0 Å². The Morgan fingerprint density at radius 3 is 2.84 bits per heavy atom. The van der Waals surface area contributed by atoms with Gasteiger partial charge >= 0.3 is 0 Å². The third-order valence-electron chi connectivity index (χ3n) is 4.88. The van der Waals surface area contributed by atoms with Crippen LogP contribution in [0.2, 0.25) is 0 Å².